The number of para-hydroxylation sites is 1. The van der Waals surface area contributed by atoms with Gasteiger partial charge in [0.25, 0.3) is 0 Å². The first-order chi connectivity index (χ1) is 10.3. The molecule has 1 aromatic rings. The highest BCUT2D eigenvalue weighted by Gasteiger charge is 2.18. The number of likely N-dealkylation sites (tertiary alicyclic amines) is 1. The van der Waals surface area contributed by atoms with Crippen LogP contribution < -0.4 is 14.8 Å². The zero-order valence-electron chi connectivity index (χ0n) is 12.3. The maximum Gasteiger partial charge on any atom is 0.236 e. The van der Waals surface area contributed by atoms with Gasteiger partial charge >= 0.3 is 0 Å². The molecule has 1 saturated heterocycles. The van der Waals surface area contributed by atoms with Crippen molar-refractivity contribution in [3.05, 3.63) is 23.8 Å². The van der Waals surface area contributed by atoms with Crippen molar-refractivity contribution in [2.45, 2.75) is 25.8 Å². The first kappa shape index (κ1) is 14.2. The Kier molecular flexibility index (Phi) is 4.60. The van der Waals surface area contributed by atoms with Crippen molar-refractivity contribution in [2.75, 3.05) is 32.8 Å². The fourth-order valence-corrected chi connectivity index (χ4v) is 2.78. The molecule has 0 saturated carbocycles. The zero-order valence-corrected chi connectivity index (χ0v) is 12.3. The fraction of sp³-hybridized carbons (Fsp3) is 0.562. The molecule has 1 aromatic carbocycles. The molecule has 2 aliphatic heterocycles. The first-order valence-electron chi connectivity index (χ1n) is 7.70. The normalized spacial score (nSPS) is 17.6. The number of benzene rings is 1. The summed E-state index contributed by atoms with van der Waals surface area (Å²) in [6.45, 7) is 4.17. The smallest absolute Gasteiger partial charge is 0.236 e. The van der Waals surface area contributed by atoms with Gasteiger partial charge in [0.15, 0.2) is 11.5 Å². The first-order valence-corrected chi connectivity index (χ1v) is 7.70. The molecule has 2 heterocycles. The molecule has 0 aromatic heterocycles. The maximum atomic E-state index is 12.0. The SMILES string of the molecule is O=C(CNCc1cccc2c1OCCCO2)N1CCCC1. The summed E-state index contributed by atoms with van der Waals surface area (Å²) in [5.74, 6) is 1.81. The van der Waals surface area contributed by atoms with Crippen molar-refractivity contribution in [3.8, 4) is 11.5 Å². The summed E-state index contributed by atoms with van der Waals surface area (Å²) in [6, 6.07) is 5.91. The largest absolute Gasteiger partial charge is 0.490 e. The van der Waals surface area contributed by atoms with Gasteiger partial charge in [0.05, 0.1) is 19.8 Å². The van der Waals surface area contributed by atoms with Gasteiger partial charge in [0.1, 0.15) is 0 Å². The second kappa shape index (κ2) is 6.80. The molecule has 3 rings (SSSR count). The molecule has 1 fully saturated rings. The topological polar surface area (TPSA) is 50.8 Å². The van der Waals surface area contributed by atoms with Gasteiger partial charge in [-0.1, -0.05) is 12.1 Å². The van der Waals surface area contributed by atoms with Gasteiger partial charge in [-0.2, -0.15) is 0 Å². The van der Waals surface area contributed by atoms with Gasteiger partial charge in [0.2, 0.25) is 5.91 Å². The van der Waals surface area contributed by atoms with Crippen LogP contribution in [-0.2, 0) is 11.3 Å². The molecule has 1 amide bonds. The Labute approximate surface area is 125 Å². The molecule has 0 unspecified atom stereocenters. The van der Waals surface area contributed by atoms with Crippen molar-refractivity contribution in [1.29, 1.82) is 0 Å². The standard InChI is InChI=1S/C16H22N2O3/c19-15(18-7-1-2-8-18)12-17-11-13-5-3-6-14-16(13)21-10-4-9-20-14/h3,5-6,17H,1-2,4,7-12H2. The van der Waals surface area contributed by atoms with E-state index < -0.39 is 0 Å². The number of amides is 1. The lowest BCUT2D eigenvalue weighted by Crippen LogP contribution is -2.36. The highest BCUT2D eigenvalue weighted by Crippen LogP contribution is 2.33. The van der Waals surface area contributed by atoms with Crippen molar-refractivity contribution in [3.63, 3.8) is 0 Å². The van der Waals surface area contributed by atoms with Crippen LogP contribution in [0, 0.1) is 0 Å². The summed E-state index contributed by atoms with van der Waals surface area (Å²) in [6.07, 6.45) is 3.15. The number of fused-ring (bicyclic) bond motifs is 1. The Hall–Kier alpha value is -1.75. The molecule has 0 atom stereocenters. The van der Waals surface area contributed by atoms with Crippen molar-refractivity contribution < 1.29 is 14.3 Å². The summed E-state index contributed by atoms with van der Waals surface area (Å²) in [5.41, 5.74) is 1.05. The summed E-state index contributed by atoms with van der Waals surface area (Å²) >= 11 is 0. The number of hydrogen-bond donors (Lipinski definition) is 1. The third-order valence-electron chi connectivity index (χ3n) is 3.90. The van der Waals surface area contributed by atoms with Gasteiger partial charge < -0.3 is 19.7 Å². The number of carbonyl (C=O) groups is 1. The molecule has 2 aliphatic rings. The average Bonchev–Trinajstić information content (AvgIpc) is 2.93. The van der Waals surface area contributed by atoms with Crippen LogP contribution in [0.25, 0.3) is 0 Å². The van der Waals surface area contributed by atoms with E-state index in [1.807, 2.05) is 23.1 Å². The minimum atomic E-state index is 0.187. The third-order valence-corrected chi connectivity index (χ3v) is 3.90. The second-order valence-electron chi connectivity index (χ2n) is 5.49. The molecule has 0 radical (unpaired) electrons. The third kappa shape index (κ3) is 3.47. The van der Waals surface area contributed by atoms with Crippen LogP contribution in [0.15, 0.2) is 18.2 Å². The summed E-state index contributed by atoms with van der Waals surface area (Å²) in [4.78, 5) is 13.9. The van der Waals surface area contributed by atoms with Crippen LogP contribution in [0.3, 0.4) is 0 Å². The van der Waals surface area contributed by atoms with E-state index in [1.54, 1.807) is 0 Å². The summed E-state index contributed by atoms with van der Waals surface area (Å²) in [7, 11) is 0. The average molecular weight is 290 g/mol. The predicted molar refractivity (Wildman–Crippen MR) is 79.6 cm³/mol. The van der Waals surface area contributed by atoms with Crippen LogP contribution in [0.4, 0.5) is 0 Å². The number of nitrogens with zero attached hydrogens (tertiary/aromatic N) is 1. The number of rotatable bonds is 4. The van der Waals surface area contributed by atoms with E-state index >= 15 is 0 Å². The molecule has 114 valence electrons. The molecular weight excluding hydrogens is 268 g/mol. The van der Waals surface area contributed by atoms with Crippen LogP contribution in [0.2, 0.25) is 0 Å². The second-order valence-corrected chi connectivity index (χ2v) is 5.49. The lowest BCUT2D eigenvalue weighted by atomic mass is 10.2. The van der Waals surface area contributed by atoms with E-state index in [0.717, 1.165) is 49.4 Å². The Morgan fingerprint density at radius 1 is 1.14 bits per heavy atom. The quantitative estimate of drug-likeness (QED) is 0.914. The lowest BCUT2D eigenvalue weighted by Gasteiger charge is -2.16. The lowest BCUT2D eigenvalue weighted by molar-refractivity contribution is -0.129. The molecule has 0 bridgehead atoms. The Bertz CT molecular complexity index is 498. The Balaban J connectivity index is 1.56. The highest BCUT2D eigenvalue weighted by atomic mass is 16.5. The molecular formula is C16H22N2O3. The predicted octanol–water partition coefficient (Wildman–Crippen LogP) is 1.56. The van der Waals surface area contributed by atoms with E-state index in [1.165, 1.54) is 0 Å². The number of hydrogen-bond acceptors (Lipinski definition) is 4. The summed E-state index contributed by atoms with van der Waals surface area (Å²) in [5, 5.41) is 3.22. The van der Waals surface area contributed by atoms with E-state index in [-0.39, 0.29) is 5.91 Å². The zero-order chi connectivity index (χ0) is 14.5. The monoisotopic (exact) mass is 290 g/mol. The van der Waals surface area contributed by atoms with Crippen molar-refractivity contribution in [1.82, 2.24) is 10.2 Å². The van der Waals surface area contributed by atoms with Gasteiger partial charge in [-0.15, -0.1) is 0 Å². The minimum absolute atomic E-state index is 0.187. The van der Waals surface area contributed by atoms with Crippen LogP contribution >= 0.6 is 0 Å². The van der Waals surface area contributed by atoms with E-state index in [0.29, 0.717) is 26.3 Å². The van der Waals surface area contributed by atoms with Gasteiger partial charge in [-0.05, 0) is 18.9 Å². The van der Waals surface area contributed by atoms with Gasteiger partial charge in [-0.3, -0.25) is 4.79 Å². The Morgan fingerprint density at radius 3 is 2.81 bits per heavy atom. The molecule has 5 heteroatoms. The van der Waals surface area contributed by atoms with Gasteiger partial charge in [0, 0.05) is 31.6 Å². The Morgan fingerprint density at radius 2 is 1.95 bits per heavy atom. The molecule has 5 nitrogen and oxygen atoms in total. The molecule has 1 N–H and O–H groups in total. The van der Waals surface area contributed by atoms with Crippen LogP contribution in [0.5, 0.6) is 11.5 Å². The summed E-state index contributed by atoms with van der Waals surface area (Å²) < 4.78 is 11.4. The maximum absolute atomic E-state index is 12.0. The van der Waals surface area contributed by atoms with Crippen molar-refractivity contribution >= 4 is 5.91 Å². The minimum Gasteiger partial charge on any atom is -0.490 e. The van der Waals surface area contributed by atoms with Crippen molar-refractivity contribution in [2.24, 2.45) is 0 Å². The molecule has 0 aliphatic carbocycles. The molecule has 21 heavy (non-hydrogen) atoms. The number of ether oxygens (including phenoxy) is 2. The number of carbonyl (C=O) groups excluding carboxylic acids is 1. The van der Waals surface area contributed by atoms with Crippen LogP contribution in [-0.4, -0.2) is 43.7 Å². The van der Waals surface area contributed by atoms with E-state index in [2.05, 4.69) is 5.32 Å². The van der Waals surface area contributed by atoms with Crippen LogP contribution in [0.1, 0.15) is 24.8 Å². The molecule has 0 spiro atoms. The number of nitrogens with one attached hydrogen (secondary N) is 1. The fourth-order valence-electron chi connectivity index (χ4n) is 2.78. The van der Waals surface area contributed by atoms with Gasteiger partial charge in [-0.25, -0.2) is 0 Å². The van der Waals surface area contributed by atoms with E-state index in [9.17, 15) is 4.79 Å². The highest BCUT2D eigenvalue weighted by molar-refractivity contribution is 5.78. The van der Waals surface area contributed by atoms with E-state index in [4.69, 9.17) is 9.47 Å².